The van der Waals surface area contributed by atoms with Gasteiger partial charge in [0.1, 0.15) is 0 Å². The lowest BCUT2D eigenvalue weighted by Gasteiger charge is -2.33. The molecule has 43 heavy (non-hydrogen) atoms. The molecular weight excluding hydrogens is 542 g/mol. The van der Waals surface area contributed by atoms with Gasteiger partial charge in [0.2, 0.25) is 0 Å². The molecule has 0 aliphatic heterocycles. The van der Waals surface area contributed by atoms with Gasteiger partial charge in [-0.15, -0.1) is 0 Å². The minimum absolute atomic E-state index is 0.0926. The van der Waals surface area contributed by atoms with E-state index in [4.69, 9.17) is 40.9 Å². The predicted molar refractivity (Wildman–Crippen MR) is 184 cm³/mol. The van der Waals surface area contributed by atoms with Crippen molar-refractivity contribution >= 4 is 0 Å². The van der Waals surface area contributed by atoms with Crippen LogP contribution in [0, 0.1) is 22.7 Å². The smallest absolute Gasteiger partial charge is 0.0617 e. The molecule has 0 aliphatic rings. The summed E-state index contributed by atoms with van der Waals surface area (Å²) < 4.78 is 29.5. The van der Waals surface area contributed by atoms with E-state index in [-0.39, 0.29) is 29.0 Å². The fourth-order valence-corrected chi connectivity index (χ4v) is 3.95. The van der Waals surface area contributed by atoms with Gasteiger partial charge in [0.25, 0.3) is 0 Å². The summed E-state index contributed by atoms with van der Waals surface area (Å²) in [6.07, 6.45) is 8.23. The van der Waals surface area contributed by atoms with Gasteiger partial charge < -0.3 is 40.9 Å². The number of rotatable bonds is 28. The van der Waals surface area contributed by atoms with Gasteiger partial charge >= 0.3 is 0 Å². The zero-order valence-corrected chi connectivity index (χ0v) is 30.4. The number of ether oxygens (including phenoxy) is 5. The van der Waals surface area contributed by atoms with Gasteiger partial charge in [-0.3, -0.25) is 0 Å². The lowest BCUT2D eigenvalue weighted by Crippen LogP contribution is -2.40. The molecule has 0 aromatic heterocycles. The van der Waals surface area contributed by atoms with Gasteiger partial charge in [-0.1, -0.05) is 82.1 Å². The van der Waals surface area contributed by atoms with Crippen LogP contribution in [0.15, 0.2) is 0 Å². The van der Waals surface area contributed by atoms with Crippen molar-refractivity contribution < 1.29 is 23.7 Å². The maximum Gasteiger partial charge on any atom is 0.0617 e. The first-order valence-corrected chi connectivity index (χ1v) is 17.6. The van der Waals surface area contributed by atoms with Gasteiger partial charge in [-0.25, -0.2) is 0 Å². The summed E-state index contributed by atoms with van der Waals surface area (Å²) in [4.78, 5) is 0. The Hall–Kier alpha value is -0.320. The Morgan fingerprint density at radius 1 is 0.395 bits per heavy atom. The number of hydrogen-bond acceptors (Lipinski definition) is 8. The molecule has 0 saturated carbocycles. The third-order valence-corrected chi connectivity index (χ3v) is 9.06. The quantitative estimate of drug-likeness (QED) is 0.0899. The Balaban J connectivity index is 0. The van der Waals surface area contributed by atoms with Crippen molar-refractivity contribution in [2.45, 2.75) is 139 Å². The second-order valence-corrected chi connectivity index (χ2v) is 13.2. The van der Waals surface area contributed by atoms with E-state index in [0.29, 0.717) is 51.5 Å². The van der Waals surface area contributed by atoms with Crippen molar-refractivity contribution in [1.82, 2.24) is 0 Å². The third-order valence-electron chi connectivity index (χ3n) is 9.06. The van der Waals surface area contributed by atoms with E-state index in [0.717, 1.165) is 71.4 Å². The molecule has 0 aromatic rings. The van der Waals surface area contributed by atoms with Crippen LogP contribution >= 0.6 is 0 Å². The summed E-state index contributed by atoms with van der Waals surface area (Å²) in [5, 5.41) is 0. The molecule has 0 radical (unpaired) electrons. The summed E-state index contributed by atoms with van der Waals surface area (Å²) in [6.45, 7) is 28.6. The highest BCUT2D eigenvalue weighted by Gasteiger charge is 2.31. The van der Waals surface area contributed by atoms with Gasteiger partial charge in [0.15, 0.2) is 0 Å². The van der Waals surface area contributed by atoms with E-state index in [9.17, 15) is 0 Å². The van der Waals surface area contributed by atoms with Crippen molar-refractivity contribution in [3.63, 3.8) is 0 Å². The van der Waals surface area contributed by atoms with E-state index in [2.05, 4.69) is 69.2 Å². The van der Waals surface area contributed by atoms with Crippen molar-refractivity contribution in [1.29, 1.82) is 0 Å². The van der Waals surface area contributed by atoms with Crippen LogP contribution in [0.25, 0.3) is 0 Å². The Bertz CT molecular complexity index is 535. The molecule has 0 rings (SSSR count). The lowest BCUT2D eigenvalue weighted by atomic mass is 9.84. The average molecular weight is 620 g/mol. The largest absolute Gasteiger partial charge is 0.381 e. The topological polar surface area (TPSA) is 124 Å². The first-order valence-electron chi connectivity index (χ1n) is 17.6. The molecule has 0 aromatic carbocycles. The van der Waals surface area contributed by atoms with Crippen molar-refractivity contribution in [2.24, 2.45) is 39.9 Å². The Kier molecular flexibility index (Phi) is 29.1. The van der Waals surface area contributed by atoms with E-state index >= 15 is 0 Å². The van der Waals surface area contributed by atoms with E-state index in [1.807, 2.05) is 0 Å². The molecule has 0 bridgehead atoms. The second-order valence-electron chi connectivity index (χ2n) is 13.2. The Morgan fingerprint density at radius 3 is 0.884 bits per heavy atom. The standard InChI is InChI=1S/C19H42N2O3.C16H35NO2/c1-6-16(5)10-22-13-19(9-4,14-23-11-17(20)7-2)15-24-12-18(21)8-3;1-6-14(5)10-18-12-16(8-3,9-4)13-19-11-15(17)7-2/h16-18H,6-15,20-21H2,1-5H3;14-15H,6-13,17H2,1-5H3. The number of hydrogen-bond donors (Lipinski definition) is 3. The van der Waals surface area contributed by atoms with Crippen LogP contribution in [0.4, 0.5) is 0 Å². The molecule has 0 amide bonds. The highest BCUT2D eigenvalue weighted by Crippen LogP contribution is 2.28. The molecule has 5 atom stereocenters. The SMILES string of the molecule is CCC(C)COCC(CC)(CC)COCC(N)CC.CCC(C)COCC(CC)(COCC(N)CC)COCC(N)CC. The third kappa shape index (κ3) is 22.8. The zero-order chi connectivity index (χ0) is 33.2. The molecule has 0 aliphatic carbocycles. The molecule has 8 nitrogen and oxygen atoms in total. The molecule has 0 heterocycles. The summed E-state index contributed by atoms with van der Waals surface area (Å²) in [6, 6.07) is 0.345. The first kappa shape index (κ1) is 44.8. The van der Waals surface area contributed by atoms with Crippen LogP contribution in [0.2, 0.25) is 0 Å². The normalized spacial score (nSPS) is 17.0. The fourth-order valence-electron chi connectivity index (χ4n) is 3.95. The Morgan fingerprint density at radius 2 is 0.651 bits per heavy atom. The van der Waals surface area contributed by atoms with Gasteiger partial charge in [-0.05, 0) is 50.4 Å². The first-order chi connectivity index (χ1) is 20.5. The van der Waals surface area contributed by atoms with Gasteiger partial charge in [-0.2, -0.15) is 0 Å². The molecule has 0 saturated heterocycles. The Labute approximate surface area is 268 Å². The molecule has 6 N–H and O–H groups in total. The summed E-state index contributed by atoms with van der Waals surface area (Å²) in [5.74, 6) is 1.21. The minimum Gasteiger partial charge on any atom is -0.381 e. The fraction of sp³-hybridized carbons (Fsp3) is 1.00. The lowest BCUT2D eigenvalue weighted by molar-refractivity contribution is -0.0788. The van der Waals surface area contributed by atoms with Gasteiger partial charge in [0.05, 0.1) is 52.9 Å². The van der Waals surface area contributed by atoms with Crippen LogP contribution in [0.3, 0.4) is 0 Å². The minimum atomic E-state index is -0.131. The molecular formula is C35H77N3O5. The van der Waals surface area contributed by atoms with Crippen LogP contribution in [-0.2, 0) is 23.7 Å². The van der Waals surface area contributed by atoms with Crippen molar-refractivity contribution in [2.75, 3.05) is 66.1 Å². The summed E-state index contributed by atoms with van der Waals surface area (Å²) in [7, 11) is 0. The van der Waals surface area contributed by atoms with Crippen LogP contribution in [0.1, 0.15) is 121 Å². The predicted octanol–water partition coefficient (Wildman–Crippen LogP) is 6.56. The molecule has 5 unspecified atom stereocenters. The van der Waals surface area contributed by atoms with Crippen molar-refractivity contribution in [3.05, 3.63) is 0 Å². The monoisotopic (exact) mass is 620 g/mol. The van der Waals surface area contributed by atoms with Crippen molar-refractivity contribution in [3.8, 4) is 0 Å². The number of nitrogens with two attached hydrogens (primary N) is 3. The molecule has 8 heteroatoms. The van der Waals surface area contributed by atoms with Gasteiger partial charge in [0, 0.05) is 42.2 Å². The zero-order valence-electron chi connectivity index (χ0n) is 30.4. The summed E-state index contributed by atoms with van der Waals surface area (Å²) >= 11 is 0. The maximum absolute atomic E-state index is 5.99. The average Bonchev–Trinajstić information content (AvgIpc) is 3.03. The highest BCUT2D eigenvalue weighted by atomic mass is 16.5. The van der Waals surface area contributed by atoms with E-state index < -0.39 is 0 Å². The van der Waals surface area contributed by atoms with E-state index in [1.165, 1.54) is 6.42 Å². The maximum atomic E-state index is 5.99. The van der Waals surface area contributed by atoms with Crippen LogP contribution in [-0.4, -0.2) is 84.2 Å². The molecule has 0 fully saturated rings. The highest BCUT2D eigenvalue weighted by molar-refractivity contribution is 4.79. The second kappa shape index (κ2) is 27.9. The van der Waals surface area contributed by atoms with E-state index in [1.54, 1.807) is 0 Å². The molecule has 262 valence electrons. The van der Waals surface area contributed by atoms with Crippen LogP contribution < -0.4 is 17.2 Å². The van der Waals surface area contributed by atoms with Crippen LogP contribution in [0.5, 0.6) is 0 Å². The summed E-state index contributed by atoms with van der Waals surface area (Å²) in [5.41, 5.74) is 17.8. The molecule has 0 spiro atoms.